The molecule has 0 aliphatic heterocycles. The van der Waals surface area contributed by atoms with E-state index in [0.29, 0.717) is 31.1 Å². The Balaban J connectivity index is 1.68. The molecule has 3 saturated carbocycles. The molecule has 5 rings (SSSR count). The van der Waals surface area contributed by atoms with Crippen molar-refractivity contribution in [2.45, 2.75) is 81.2 Å². The fourth-order valence-electron chi connectivity index (χ4n) is 8.10. The number of terminal acetylenes is 1. The maximum Gasteiger partial charge on any atom is 0.170 e. The SMILES string of the molecule is C#C[C@]1(O)CC[C@H]2[C@@H]3CC[C@@]4(O)CC(OC)(OC)CCC4=C3[C@@H](c3cccc(OC)c3)C[C@@]21C. The van der Waals surface area contributed by atoms with Crippen molar-refractivity contribution in [1.29, 1.82) is 0 Å². The minimum atomic E-state index is -1.10. The van der Waals surface area contributed by atoms with E-state index in [1.807, 2.05) is 12.1 Å². The molecule has 184 valence electrons. The molecule has 0 unspecified atom stereocenters. The van der Waals surface area contributed by atoms with Crippen LogP contribution in [0, 0.1) is 29.6 Å². The van der Waals surface area contributed by atoms with E-state index in [2.05, 4.69) is 25.0 Å². The average Bonchev–Trinajstić information content (AvgIpc) is 3.13. The average molecular weight is 467 g/mol. The van der Waals surface area contributed by atoms with E-state index < -0.39 is 17.0 Å². The van der Waals surface area contributed by atoms with Crippen LogP contribution in [0.1, 0.15) is 69.8 Å². The molecule has 1 aromatic rings. The lowest BCUT2D eigenvalue weighted by Gasteiger charge is -2.57. The van der Waals surface area contributed by atoms with Crippen molar-refractivity contribution in [2.24, 2.45) is 17.3 Å². The van der Waals surface area contributed by atoms with E-state index >= 15 is 0 Å². The van der Waals surface area contributed by atoms with E-state index in [4.69, 9.17) is 20.6 Å². The van der Waals surface area contributed by atoms with Gasteiger partial charge in [-0.25, -0.2) is 0 Å². The van der Waals surface area contributed by atoms with Crippen LogP contribution in [0.3, 0.4) is 0 Å². The molecule has 3 fully saturated rings. The van der Waals surface area contributed by atoms with Gasteiger partial charge in [0.05, 0.1) is 12.7 Å². The third-order valence-corrected chi connectivity index (χ3v) is 10.0. The third kappa shape index (κ3) is 3.23. The first-order chi connectivity index (χ1) is 16.2. The molecule has 5 heteroatoms. The van der Waals surface area contributed by atoms with Crippen LogP contribution < -0.4 is 4.74 Å². The van der Waals surface area contributed by atoms with Crippen LogP contribution in [0.25, 0.3) is 0 Å². The van der Waals surface area contributed by atoms with E-state index in [1.165, 1.54) is 11.1 Å². The maximum absolute atomic E-state index is 12.0. The van der Waals surface area contributed by atoms with Crippen LogP contribution in [0.2, 0.25) is 0 Å². The summed E-state index contributed by atoms with van der Waals surface area (Å²) in [7, 11) is 5.02. The highest BCUT2D eigenvalue weighted by molar-refractivity contribution is 5.46. The number of rotatable bonds is 4. The molecular formula is C29H38O5. The summed E-state index contributed by atoms with van der Waals surface area (Å²) in [5.41, 5.74) is 1.27. The molecule has 4 aliphatic rings. The van der Waals surface area contributed by atoms with Gasteiger partial charge in [-0.1, -0.05) is 30.6 Å². The summed E-state index contributed by atoms with van der Waals surface area (Å²) in [5.74, 6) is 3.53. The first kappa shape index (κ1) is 23.9. The number of hydrogen-bond donors (Lipinski definition) is 2. The van der Waals surface area contributed by atoms with Gasteiger partial charge in [-0.3, -0.25) is 0 Å². The second-order valence-electron chi connectivity index (χ2n) is 11.2. The second-order valence-corrected chi connectivity index (χ2v) is 11.2. The minimum absolute atomic E-state index is 0.0683. The standard InChI is InChI=1S/C29H38O5/c1-6-28(31)14-11-23-21-10-13-27(30)18-29(33-4,34-5)15-12-24(27)25(21)22(17-26(23,28)2)19-8-7-9-20(16-19)32-3/h1,7-9,16,21-23,30-31H,10-15,17-18H2,2-5H3/t21-,22+,23-,26-,27+,28-/m0/s1. The maximum atomic E-state index is 12.0. The largest absolute Gasteiger partial charge is 0.497 e. The van der Waals surface area contributed by atoms with Gasteiger partial charge < -0.3 is 24.4 Å². The van der Waals surface area contributed by atoms with Crippen LogP contribution in [0.5, 0.6) is 5.75 Å². The van der Waals surface area contributed by atoms with Crippen molar-refractivity contribution in [3.8, 4) is 18.1 Å². The van der Waals surface area contributed by atoms with E-state index in [9.17, 15) is 10.2 Å². The Bertz CT molecular complexity index is 1040. The van der Waals surface area contributed by atoms with Gasteiger partial charge in [-0.05, 0) is 73.6 Å². The molecule has 1 aromatic carbocycles. The Morgan fingerprint density at radius 1 is 1.06 bits per heavy atom. The molecule has 0 spiro atoms. The molecular weight excluding hydrogens is 428 g/mol. The fourth-order valence-corrected chi connectivity index (χ4v) is 8.10. The van der Waals surface area contributed by atoms with Gasteiger partial charge in [0.2, 0.25) is 0 Å². The summed E-state index contributed by atoms with van der Waals surface area (Å²) in [6, 6.07) is 8.24. The molecule has 34 heavy (non-hydrogen) atoms. The Kier molecular flexibility index (Phi) is 5.69. The van der Waals surface area contributed by atoms with Gasteiger partial charge in [0.1, 0.15) is 11.4 Å². The molecule has 5 nitrogen and oxygen atoms in total. The third-order valence-electron chi connectivity index (χ3n) is 10.0. The summed E-state index contributed by atoms with van der Waals surface area (Å²) in [6.45, 7) is 2.20. The predicted molar refractivity (Wildman–Crippen MR) is 130 cm³/mol. The number of ether oxygens (including phenoxy) is 3. The summed E-state index contributed by atoms with van der Waals surface area (Å²) in [6.07, 6.45) is 11.7. The van der Waals surface area contributed by atoms with Crippen LogP contribution in [0.4, 0.5) is 0 Å². The predicted octanol–water partition coefficient (Wildman–Crippen LogP) is 4.57. The van der Waals surface area contributed by atoms with Crippen LogP contribution in [-0.4, -0.2) is 48.5 Å². The number of allylic oxidation sites excluding steroid dienone is 1. The lowest BCUT2D eigenvalue weighted by Crippen LogP contribution is -2.55. The Hall–Kier alpha value is -1.84. The number of fused-ring (bicyclic) bond motifs is 4. The van der Waals surface area contributed by atoms with Gasteiger partial charge in [0, 0.05) is 38.4 Å². The van der Waals surface area contributed by atoms with Crippen molar-refractivity contribution in [3.63, 3.8) is 0 Å². The van der Waals surface area contributed by atoms with Crippen molar-refractivity contribution >= 4 is 0 Å². The van der Waals surface area contributed by atoms with Crippen LogP contribution >= 0.6 is 0 Å². The quantitative estimate of drug-likeness (QED) is 0.386. The monoisotopic (exact) mass is 466 g/mol. The highest BCUT2D eigenvalue weighted by Gasteiger charge is 2.64. The van der Waals surface area contributed by atoms with Crippen molar-refractivity contribution < 1.29 is 24.4 Å². The first-order valence-electron chi connectivity index (χ1n) is 12.6. The van der Waals surface area contributed by atoms with Gasteiger partial charge in [-0.15, -0.1) is 6.42 Å². The van der Waals surface area contributed by atoms with Gasteiger partial charge in [-0.2, -0.15) is 0 Å². The molecule has 0 bridgehead atoms. The number of hydrogen-bond acceptors (Lipinski definition) is 5. The topological polar surface area (TPSA) is 68.2 Å². The van der Waals surface area contributed by atoms with Crippen molar-refractivity contribution in [3.05, 3.63) is 41.0 Å². The van der Waals surface area contributed by atoms with E-state index in [1.54, 1.807) is 21.3 Å². The number of methoxy groups -OCH3 is 3. The molecule has 0 aromatic heterocycles. The summed E-state index contributed by atoms with van der Waals surface area (Å²) in [5, 5.41) is 23.6. The molecule has 0 saturated heterocycles. The van der Waals surface area contributed by atoms with E-state index in [-0.39, 0.29) is 11.3 Å². The molecule has 2 N–H and O–H groups in total. The zero-order chi connectivity index (χ0) is 24.4. The lowest BCUT2D eigenvalue weighted by atomic mass is 9.49. The van der Waals surface area contributed by atoms with Gasteiger partial charge >= 0.3 is 0 Å². The molecule has 6 atom stereocenters. The first-order valence-corrected chi connectivity index (χ1v) is 12.6. The zero-order valence-corrected chi connectivity index (χ0v) is 20.9. The second kappa shape index (κ2) is 8.10. The van der Waals surface area contributed by atoms with Crippen molar-refractivity contribution in [1.82, 2.24) is 0 Å². The molecule has 0 amide bonds. The Labute approximate surface area is 203 Å². The van der Waals surface area contributed by atoms with Gasteiger partial charge in [0.15, 0.2) is 5.79 Å². The van der Waals surface area contributed by atoms with Crippen molar-refractivity contribution in [2.75, 3.05) is 21.3 Å². The highest BCUT2D eigenvalue weighted by atomic mass is 16.7. The Morgan fingerprint density at radius 3 is 2.50 bits per heavy atom. The molecule has 0 heterocycles. The van der Waals surface area contributed by atoms with Crippen LogP contribution in [0.15, 0.2) is 35.4 Å². The van der Waals surface area contributed by atoms with E-state index in [0.717, 1.165) is 43.4 Å². The molecule has 4 aliphatic carbocycles. The number of benzene rings is 1. The summed E-state index contributed by atoms with van der Waals surface area (Å²) >= 11 is 0. The Morgan fingerprint density at radius 2 is 1.82 bits per heavy atom. The molecule has 0 radical (unpaired) electrons. The number of aliphatic hydroxyl groups is 2. The minimum Gasteiger partial charge on any atom is -0.497 e. The van der Waals surface area contributed by atoms with Crippen LogP contribution in [-0.2, 0) is 9.47 Å². The lowest BCUT2D eigenvalue weighted by molar-refractivity contribution is -0.246. The zero-order valence-electron chi connectivity index (χ0n) is 20.9. The smallest absolute Gasteiger partial charge is 0.170 e. The highest BCUT2D eigenvalue weighted by Crippen LogP contribution is 2.67. The summed E-state index contributed by atoms with van der Waals surface area (Å²) < 4.78 is 17.1. The fraction of sp³-hybridized carbons (Fsp3) is 0.655. The summed E-state index contributed by atoms with van der Waals surface area (Å²) in [4.78, 5) is 0. The van der Waals surface area contributed by atoms with Gasteiger partial charge in [0.25, 0.3) is 0 Å². The normalized spacial score (nSPS) is 40.7.